The van der Waals surface area contributed by atoms with E-state index in [1.165, 1.54) is 0 Å². The topological polar surface area (TPSA) is 83.5 Å². The molecule has 0 spiro atoms. The highest BCUT2D eigenvalue weighted by Gasteiger charge is 2.46. The molecule has 2 amide bonds. The largest absolute Gasteiger partial charge is 0.349 e. The number of nitrogens with one attached hydrogen (secondary N) is 1. The third-order valence-corrected chi connectivity index (χ3v) is 9.83. The van der Waals surface area contributed by atoms with Gasteiger partial charge in [0.1, 0.15) is 11.3 Å². The Hall–Kier alpha value is -2.67. The fourth-order valence-corrected chi connectivity index (χ4v) is 7.05. The molecule has 0 saturated heterocycles. The van der Waals surface area contributed by atoms with Crippen molar-refractivity contribution in [1.29, 1.82) is 0 Å². The molecular formula is C26H30N2O4S. The van der Waals surface area contributed by atoms with Crippen LogP contribution in [0.1, 0.15) is 60.2 Å². The van der Waals surface area contributed by atoms with Gasteiger partial charge in [-0.05, 0) is 61.3 Å². The van der Waals surface area contributed by atoms with Crippen molar-refractivity contribution < 1.29 is 18.0 Å². The Labute approximate surface area is 195 Å². The lowest BCUT2D eigenvalue weighted by Crippen LogP contribution is -2.51. The lowest BCUT2D eigenvalue weighted by Gasteiger charge is -2.37. The zero-order chi connectivity index (χ0) is 23.3. The maximum absolute atomic E-state index is 13.8. The number of benzene rings is 2. The second kappa shape index (κ2) is 8.28. The summed E-state index contributed by atoms with van der Waals surface area (Å²) >= 11 is 0. The maximum Gasteiger partial charge on any atom is 0.247 e. The van der Waals surface area contributed by atoms with Gasteiger partial charge in [0.2, 0.25) is 11.8 Å². The molecule has 1 fully saturated rings. The molecule has 6 nitrogen and oxygen atoms in total. The SMILES string of the molecule is CC(C)S(=O)(=O)C1c2ccccc2CC1NC(=O)[C@@H]1c2ccccc2CC(=O)N1CC1CC1. The molecule has 3 atom stereocenters. The molecule has 2 aromatic rings. The van der Waals surface area contributed by atoms with E-state index in [0.717, 1.165) is 35.1 Å². The smallest absolute Gasteiger partial charge is 0.247 e. The van der Waals surface area contributed by atoms with Gasteiger partial charge in [-0.15, -0.1) is 0 Å². The summed E-state index contributed by atoms with van der Waals surface area (Å²) in [5, 5.41) is 1.73. The van der Waals surface area contributed by atoms with Gasteiger partial charge in [0.25, 0.3) is 0 Å². The zero-order valence-corrected chi connectivity index (χ0v) is 19.8. The summed E-state index contributed by atoms with van der Waals surface area (Å²) in [5.41, 5.74) is 3.43. The molecule has 33 heavy (non-hydrogen) atoms. The quantitative estimate of drug-likeness (QED) is 0.709. The monoisotopic (exact) mass is 466 g/mol. The minimum Gasteiger partial charge on any atom is -0.349 e. The normalized spacial score (nSPS) is 24.5. The highest BCUT2D eigenvalue weighted by atomic mass is 32.2. The summed E-state index contributed by atoms with van der Waals surface area (Å²) in [6.45, 7) is 3.94. The van der Waals surface area contributed by atoms with Crippen molar-refractivity contribution in [1.82, 2.24) is 10.2 Å². The number of carbonyl (C=O) groups excluding carboxylic acids is 2. The van der Waals surface area contributed by atoms with E-state index >= 15 is 0 Å². The van der Waals surface area contributed by atoms with Gasteiger partial charge >= 0.3 is 0 Å². The van der Waals surface area contributed by atoms with E-state index in [1.54, 1.807) is 18.7 Å². The van der Waals surface area contributed by atoms with Gasteiger partial charge < -0.3 is 10.2 Å². The maximum atomic E-state index is 13.8. The van der Waals surface area contributed by atoms with Crippen LogP contribution in [0.2, 0.25) is 0 Å². The Morgan fingerprint density at radius 3 is 2.33 bits per heavy atom. The van der Waals surface area contributed by atoms with E-state index in [-0.39, 0.29) is 11.8 Å². The Kier molecular flexibility index (Phi) is 5.55. The molecule has 5 rings (SSSR count). The van der Waals surface area contributed by atoms with Crippen LogP contribution in [0.3, 0.4) is 0 Å². The highest BCUT2D eigenvalue weighted by Crippen LogP contribution is 2.41. The summed E-state index contributed by atoms with van der Waals surface area (Å²) < 4.78 is 26.6. The Morgan fingerprint density at radius 1 is 1.03 bits per heavy atom. The lowest BCUT2D eigenvalue weighted by atomic mass is 9.91. The number of amides is 2. The minimum absolute atomic E-state index is 0.0400. The minimum atomic E-state index is -3.50. The van der Waals surface area contributed by atoms with Crippen LogP contribution in [-0.2, 0) is 32.3 Å². The van der Waals surface area contributed by atoms with E-state index in [1.807, 2.05) is 48.5 Å². The molecule has 0 radical (unpaired) electrons. The molecule has 1 heterocycles. The molecule has 0 bridgehead atoms. The van der Waals surface area contributed by atoms with Crippen LogP contribution in [-0.4, -0.2) is 43.0 Å². The molecule has 3 aliphatic rings. The fourth-order valence-electron chi connectivity index (χ4n) is 5.25. The number of hydrogen-bond donors (Lipinski definition) is 1. The number of sulfone groups is 1. The van der Waals surface area contributed by atoms with Gasteiger partial charge in [0.15, 0.2) is 9.84 Å². The third-order valence-electron chi connectivity index (χ3n) is 7.23. The van der Waals surface area contributed by atoms with Crippen LogP contribution in [0.15, 0.2) is 48.5 Å². The average molecular weight is 467 g/mol. The standard InChI is InChI=1S/C26H30N2O4S/c1-16(2)33(31,32)25-21-10-6-4-7-18(21)13-22(25)27-26(30)24-20-9-5-3-8-19(20)14-23(29)28(24)15-17-11-12-17/h3-10,16-17,22,24-25H,11-15H2,1-2H3,(H,27,30)/t22?,24-,25?/m0/s1. The second-order valence-electron chi connectivity index (χ2n) is 9.84. The fraction of sp³-hybridized carbons (Fsp3) is 0.462. The summed E-state index contributed by atoms with van der Waals surface area (Å²) in [4.78, 5) is 28.5. The number of rotatable bonds is 6. The summed E-state index contributed by atoms with van der Waals surface area (Å²) in [7, 11) is -3.50. The molecule has 2 aliphatic carbocycles. The molecule has 1 saturated carbocycles. The first-order chi connectivity index (χ1) is 15.8. The molecule has 174 valence electrons. The molecule has 1 N–H and O–H groups in total. The molecular weight excluding hydrogens is 436 g/mol. The van der Waals surface area contributed by atoms with Gasteiger partial charge in [0, 0.05) is 6.54 Å². The van der Waals surface area contributed by atoms with Gasteiger partial charge in [0.05, 0.1) is 17.7 Å². The third kappa shape index (κ3) is 3.97. The molecule has 0 aromatic heterocycles. The van der Waals surface area contributed by atoms with Crippen LogP contribution >= 0.6 is 0 Å². The number of fused-ring (bicyclic) bond motifs is 2. The van der Waals surface area contributed by atoms with E-state index in [0.29, 0.717) is 25.3 Å². The van der Waals surface area contributed by atoms with Gasteiger partial charge in [-0.1, -0.05) is 48.5 Å². The van der Waals surface area contributed by atoms with E-state index in [2.05, 4.69) is 5.32 Å². The molecule has 7 heteroatoms. The van der Waals surface area contributed by atoms with Crippen LogP contribution in [0.4, 0.5) is 0 Å². The van der Waals surface area contributed by atoms with Crippen molar-refractivity contribution in [2.45, 2.75) is 62.1 Å². The summed E-state index contributed by atoms with van der Waals surface area (Å²) in [5.74, 6) is 0.110. The lowest BCUT2D eigenvalue weighted by molar-refractivity contribution is -0.142. The van der Waals surface area contributed by atoms with Gasteiger partial charge in [-0.25, -0.2) is 8.42 Å². The Balaban J connectivity index is 1.49. The van der Waals surface area contributed by atoms with Crippen LogP contribution < -0.4 is 5.32 Å². The first kappa shape index (κ1) is 22.1. The Bertz CT molecular complexity index is 1200. The van der Waals surface area contributed by atoms with Crippen molar-refractivity contribution in [3.05, 3.63) is 70.8 Å². The number of hydrogen-bond acceptors (Lipinski definition) is 4. The van der Waals surface area contributed by atoms with E-state index in [9.17, 15) is 18.0 Å². The van der Waals surface area contributed by atoms with Crippen molar-refractivity contribution in [3.63, 3.8) is 0 Å². The van der Waals surface area contributed by atoms with Crippen molar-refractivity contribution in [3.8, 4) is 0 Å². The first-order valence-corrected chi connectivity index (χ1v) is 13.4. The van der Waals surface area contributed by atoms with Gasteiger partial charge in [-0.2, -0.15) is 0 Å². The molecule has 1 aliphatic heterocycles. The number of carbonyl (C=O) groups is 2. The first-order valence-electron chi connectivity index (χ1n) is 11.8. The van der Waals surface area contributed by atoms with Crippen LogP contribution in [0.25, 0.3) is 0 Å². The predicted octanol–water partition coefficient (Wildman–Crippen LogP) is 3.13. The van der Waals surface area contributed by atoms with Crippen LogP contribution in [0, 0.1) is 5.92 Å². The molecule has 2 aromatic carbocycles. The Morgan fingerprint density at radius 2 is 1.67 bits per heavy atom. The summed E-state index contributed by atoms with van der Waals surface area (Å²) in [6.07, 6.45) is 2.91. The van der Waals surface area contributed by atoms with E-state index < -0.39 is 32.4 Å². The van der Waals surface area contributed by atoms with E-state index in [4.69, 9.17) is 0 Å². The van der Waals surface area contributed by atoms with Crippen molar-refractivity contribution in [2.75, 3.05) is 6.54 Å². The van der Waals surface area contributed by atoms with Gasteiger partial charge in [-0.3, -0.25) is 9.59 Å². The second-order valence-corrected chi connectivity index (χ2v) is 12.5. The van der Waals surface area contributed by atoms with Crippen LogP contribution in [0.5, 0.6) is 0 Å². The number of nitrogens with zero attached hydrogens (tertiary/aromatic N) is 1. The van der Waals surface area contributed by atoms with Crippen molar-refractivity contribution >= 4 is 21.7 Å². The highest BCUT2D eigenvalue weighted by molar-refractivity contribution is 7.92. The zero-order valence-electron chi connectivity index (χ0n) is 19.0. The average Bonchev–Trinajstić information content (AvgIpc) is 3.51. The predicted molar refractivity (Wildman–Crippen MR) is 126 cm³/mol. The van der Waals surface area contributed by atoms with Crippen molar-refractivity contribution in [2.24, 2.45) is 5.92 Å². The summed E-state index contributed by atoms with van der Waals surface area (Å²) in [6, 6.07) is 13.8. The molecule has 2 unspecified atom stereocenters.